The molecular weight excluding hydrogens is 398 g/mol. The van der Waals surface area contributed by atoms with Crippen LogP contribution in [0.4, 0.5) is 0 Å². The van der Waals surface area contributed by atoms with Crippen molar-refractivity contribution in [3.8, 4) is 11.1 Å². The number of carbonyl (C=O) groups excluding carboxylic acids is 4. The molecule has 2 rings (SSSR count). The topological polar surface area (TPSA) is 68.3 Å². The second kappa shape index (κ2) is 7.45. The molecule has 0 radical (unpaired) electrons. The molecule has 0 amide bonds. The molecule has 0 heterocycles. The van der Waals surface area contributed by atoms with E-state index in [9.17, 15) is 19.2 Å². The first-order chi connectivity index (χ1) is 11.2. The summed E-state index contributed by atoms with van der Waals surface area (Å²) >= 11 is 21.9. The molecule has 0 bridgehead atoms. The van der Waals surface area contributed by atoms with Crippen LogP contribution in [0, 0.1) is 0 Å². The molecule has 0 saturated carbocycles. The van der Waals surface area contributed by atoms with Crippen LogP contribution in [0.5, 0.6) is 0 Å². The summed E-state index contributed by atoms with van der Waals surface area (Å²) in [6.07, 6.45) is 0. The van der Waals surface area contributed by atoms with Crippen molar-refractivity contribution in [2.24, 2.45) is 0 Å². The van der Waals surface area contributed by atoms with E-state index in [0.717, 1.165) is 0 Å². The van der Waals surface area contributed by atoms with E-state index in [-0.39, 0.29) is 27.8 Å². The fourth-order valence-electron chi connectivity index (χ4n) is 2.21. The zero-order valence-electron chi connectivity index (χ0n) is 11.6. The van der Waals surface area contributed by atoms with Gasteiger partial charge in [0.15, 0.2) is 0 Å². The van der Waals surface area contributed by atoms with E-state index in [1.165, 1.54) is 36.4 Å². The van der Waals surface area contributed by atoms with Gasteiger partial charge in [-0.2, -0.15) is 0 Å². The molecule has 0 aliphatic heterocycles. The molecule has 0 atom stereocenters. The van der Waals surface area contributed by atoms with Crippen LogP contribution in [0.2, 0.25) is 0 Å². The van der Waals surface area contributed by atoms with Gasteiger partial charge in [-0.15, -0.1) is 0 Å². The molecule has 2 aromatic rings. The van der Waals surface area contributed by atoms with E-state index in [1.54, 1.807) is 0 Å². The highest BCUT2D eigenvalue weighted by molar-refractivity contribution is 6.73. The molecule has 0 aliphatic carbocycles. The zero-order valence-corrected chi connectivity index (χ0v) is 14.6. The van der Waals surface area contributed by atoms with E-state index in [4.69, 9.17) is 46.4 Å². The lowest BCUT2D eigenvalue weighted by atomic mass is 9.94. The number of hydrogen-bond donors (Lipinski definition) is 0. The summed E-state index contributed by atoms with van der Waals surface area (Å²) in [5.41, 5.74) is 0.189. The van der Waals surface area contributed by atoms with Gasteiger partial charge in [-0.1, -0.05) is 18.2 Å². The summed E-state index contributed by atoms with van der Waals surface area (Å²) < 4.78 is 0. The fraction of sp³-hybridized carbons (Fsp3) is 0. The molecule has 0 aromatic heterocycles. The highest BCUT2D eigenvalue weighted by Gasteiger charge is 2.21. The molecule has 122 valence electrons. The summed E-state index contributed by atoms with van der Waals surface area (Å²) in [4.78, 5) is 46.1. The second-order valence-electron chi connectivity index (χ2n) is 4.58. The van der Waals surface area contributed by atoms with Gasteiger partial charge in [0.2, 0.25) is 0 Å². The Morgan fingerprint density at radius 3 is 1.71 bits per heavy atom. The van der Waals surface area contributed by atoms with Crippen LogP contribution in [-0.2, 0) is 0 Å². The summed E-state index contributed by atoms with van der Waals surface area (Å²) in [5, 5.41) is -3.51. The maximum atomic E-state index is 11.7. The molecular formula is C16H6Cl4O4. The zero-order chi connectivity index (χ0) is 18.0. The lowest BCUT2D eigenvalue weighted by molar-refractivity contribution is 0.105. The van der Waals surface area contributed by atoms with Gasteiger partial charge in [-0.25, -0.2) is 0 Å². The van der Waals surface area contributed by atoms with Crippen LogP contribution < -0.4 is 0 Å². The van der Waals surface area contributed by atoms with Crippen molar-refractivity contribution in [3.63, 3.8) is 0 Å². The molecule has 0 fully saturated rings. The number of benzene rings is 2. The monoisotopic (exact) mass is 402 g/mol. The van der Waals surface area contributed by atoms with E-state index in [1.807, 2.05) is 0 Å². The fourth-order valence-corrected chi connectivity index (χ4v) is 2.90. The SMILES string of the molecule is O=C(Cl)c1ccc(-c2cccc(C(=O)Cl)c2C(=O)Cl)cc1C(=O)Cl. The van der Waals surface area contributed by atoms with Crippen LogP contribution in [0.25, 0.3) is 11.1 Å². The maximum Gasteiger partial charge on any atom is 0.253 e. The largest absolute Gasteiger partial charge is 0.276 e. The Morgan fingerprint density at radius 2 is 1.21 bits per heavy atom. The van der Waals surface area contributed by atoms with Crippen LogP contribution in [-0.4, -0.2) is 21.0 Å². The molecule has 2 aromatic carbocycles. The van der Waals surface area contributed by atoms with Crippen molar-refractivity contribution < 1.29 is 19.2 Å². The average molecular weight is 404 g/mol. The van der Waals surface area contributed by atoms with E-state index in [2.05, 4.69) is 0 Å². The predicted molar refractivity (Wildman–Crippen MR) is 92.6 cm³/mol. The highest BCUT2D eigenvalue weighted by Crippen LogP contribution is 2.31. The minimum Gasteiger partial charge on any atom is -0.276 e. The van der Waals surface area contributed by atoms with Crippen molar-refractivity contribution in [2.45, 2.75) is 0 Å². The lowest BCUT2D eigenvalue weighted by Gasteiger charge is -2.11. The van der Waals surface area contributed by atoms with Crippen LogP contribution in [0.15, 0.2) is 36.4 Å². The Labute approximate surface area is 156 Å². The van der Waals surface area contributed by atoms with Gasteiger partial charge >= 0.3 is 0 Å². The number of rotatable bonds is 5. The second-order valence-corrected chi connectivity index (χ2v) is 5.96. The van der Waals surface area contributed by atoms with Crippen molar-refractivity contribution >= 4 is 67.4 Å². The maximum absolute atomic E-state index is 11.7. The first-order valence-corrected chi connectivity index (χ1v) is 7.82. The Kier molecular flexibility index (Phi) is 5.78. The predicted octanol–water partition coefficient (Wildman–Crippen LogP) is 4.87. The third-order valence-electron chi connectivity index (χ3n) is 3.23. The third-order valence-corrected chi connectivity index (χ3v) is 4.03. The number of hydrogen-bond acceptors (Lipinski definition) is 4. The number of halogens is 4. The van der Waals surface area contributed by atoms with Gasteiger partial charge in [0.05, 0.1) is 5.56 Å². The van der Waals surface area contributed by atoms with Crippen LogP contribution in [0.1, 0.15) is 41.4 Å². The highest BCUT2D eigenvalue weighted by atomic mass is 35.5. The van der Waals surface area contributed by atoms with Gasteiger partial charge in [-0.3, -0.25) is 19.2 Å². The molecule has 24 heavy (non-hydrogen) atoms. The van der Waals surface area contributed by atoms with Gasteiger partial charge in [-0.05, 0) is 75.7 Å². The van der Waals surface area contributed by atoms with Crippen LogP contribution in [0.3, 0.4) is 0 Å². The first kappa shape index (κ1) is 18.6. The molecule has 0 N–H and O–H groups in total. The summed E-state index contributed by atoms with van der Waals surface area (Å²) in [7, 11) is 0. The van der Waals surface area contributed by atoms with Crippen molar-refractivity contribution in [2.75, 3.05) is 0 Å². The van der Waals surface area contributed by atoms with Gasteiger partial charge in [0.25, 0.3) is 21.0 Å². The quantitative estimate of drug-likeness (QED) is 0.667. The van der Waals surface area contributed by atoms with E-state index >= 15 is 0 Å². The Balaban J connectivity index is 2.78. The van der Waals surface area contributed by atoms with E-state index in [0.29, 0.717) is 5.56 Å². The molecule has 0 spiro atoms. The Bertz CT molecular complexity index is 890. The number of carbonyl (C=O) groups is 4. The van der Waals surface area contributed by atoms with Crippen molar-refractivity contribution in [1.82, 2.24) is 0 Å². The first-order valence-electron chi connectivity index (χ1n) is 6.30. The van der Waals surface area contributed by atoms with Gasteiger partial charge in [0.1, 0.15) is 0 Å². The minimum absolute atomic E-state index is 0.0783. The van der Waals surface area contributed by atoms with Crippen molar-refractivity contribution in [1.29, 1.82) is 0 Å². The molecule has 0 saturated heterocycles. The smallest absolute Gasteiger partial charge is 0.253 e. The molecule has 0 unspecified atom stereocenters. The van der Waals surface area contributed by atoms with Gasteiger partial charge in [0, 0.05) is 16.7 Å². The van der Waals surface area contributed by atoms with Gasteiger partial charge < -0.3 is 0 Å². The Hall–Kier alpha value is -1.72. The standard InChI is InChI=1S/C16H6Cl4O4/c17-13(21)9-5-4-7(6-11(9)15(19)23)8-2-1-3-10(14(18)22)12(8)16(20)24/h1-6H. The van der Waals surface area contributed by atoms with Crippen molar-refractivity contribution in [3.05, 3.63) is 58.7 Å². The lowest BCUT2D eigenvalue weighted by Crippen LogP contribution is -2.05. The Morgan fingerprint density at radius 1 is 0.625 bits per heavy atom. The minimum atomic E-state index is -0.899. The van der Waals surface area contributed by atoms with Crippen LogP contribution >= 0.6 is 46.4 Å². The third kappa shape index (κ3) is 3.68. The molecule has 8 heteroatoms. The average Bonchev–Trinajstić information content (AvgIpc) is 2.53. The van der Waals surface area contributed by atoms with E-state index < -0.39 is 21.0 Å². The molecule has 4 nitrogen and oxygen atoms in total. The summed E-state index contributed by atoms with van der Waals surface area (Å²) in [6.45, 7) is 0. The molecule has 0 aliphatic rings. The summed E-state index contributed by atoms with van der Waals surface area (Å²) in [6, 6.07) is 8.37. The summed E-state index contributed by atoms with van der Waals surface area (Å²) in [5.74, 6) is 0. The normalized spacial score (nSPS) is 10.3.